The van der Waals surface area contributed by atoms with Crippen LogP contribution in [-0.2, 0) is 17.8 Å². The first kappa shape index (κ1) is 23.0. The Morgan fingerprint density at radius 3 is 2.38 bits per heavy atom. The first-order chi connectivity index (χ1) is 15.3. The minimum Gasteiger partial charge on any atom is -0.395 e. The lowest BCUT2D eigenvalue weighted by atomic mass is 10.1. The number of aryl methyl sites for hydroxylation is 1. The van der Waals surface area contributed by atoms with Crippen molar-refractivity contribution < 1.29 is 14.4 Å². The molecule has 0 spiro atoms. The quantitative estimate of drug-likeness (QED) is 0.485. The third-order valence-corrected chi connectivity index (χ3v) is 5.93. The normalized spacial score (nSPS) is 11.6. The molecule has 0 aliphatic heterocycles. The first-order valence-electron chi connectivity index (χ1n) is 10.1. The molecule has 3 rings (SSSR count). The van der Waals surface area contributed by atoms with Crippen LogP contribution < -0.4 is 21.7 Å². The Morgan fingerprint density at radius 1 is 1.09 bits per heavy atom. The van der Waals surface area contributed by atoms with Gasteiger partial charge in [-0.25, -0.2) is 0 Å². The van der Waals surface area contributed by atoms with E-state index in [9.17, 15) is 14.4 Å². The Hall–Kier alpha value is -3.72. The van der Waals surface area contributed by atoms with E-state index in [0.717, 1.165) is 22.7 Å². The number of benzene rings is 2. The molecule has 0 saturated heterocycles. The largest absolute Gasteiger partial charge is 0.395 e. The summed E-state index contributed by atoms with van der Waals surface area (Å²) in [5.41, 5.74) is 13.5. The van der Waals surface area contributed by atoms with Crippen molar-refractivity contribution >= 4 is 40.6 Å². The molecule has 0 fully saturated rings. The van der Waals surface area contributed by atoms with Crippen LogP contribution in [0.25, 0.3) is 0 Å². The van der Waals surface area contributed by atoms with E-state index < -0.39 is 17.9 Å². The van der Waals surface area contributed by atoms with Gasteiger partial charge < -0.3 is 16.8 Å². The number of carbonyl (C=O) groups is 3. The number of para-hydroxylation sites is 1. The number of nitrogens with zero attached hydrogens (tertiary/aromatic N) is 2. The number of nitrogen functional groups attached to an aromatic ring is 1. The van der Waals surface area contributed by atoms with Crippen molar-refractivity contribution in [1.29, 1.82) is 0 Å². The van der Waals surface area contributed by atoms with Crippen LogP contribution in [0.15, 0.2) is 54.6 Å². The van der Waals surface area contributed by atoms with Crippen molar-refractivity contribution in [2.45, 2.75) is 32.9 Å². The predicted octanol–water partition coefficient (Wildman–Crippen LogP) is 2.74. The van der Waals surface area contributed by atoms with Crippen LogP contribution in [0.2, 0.25) is 0 Å². The lowest BCUT2D eigenvalue weighted by Crippen LogP contribution is -2.48. The Kier molecular flexibility index (Phi) is 7.21. The highest BCUT2D eigenvalue weighted by Crippen LogP contribution is 2.30. The predicted molar refractivity (Wildman–Crippen MR) is 125 cm³/mol. The molecule has 0 aliphatic rings. The number of carbonyl (C=O) groups excluding carboxylic acids is 3. The number of nitrogens with one attached hydrogen (secondary N) is 1. The van der Waals surface area contributed by atoms with Crippen LogP contribution in [0.3, 0.4) is 0 Å². The third-order valence-electron chi connectivity index (χ3n) is 5.08. The zero-order valence-electron chi connectivity index (χ0n) is 17.9. The van der Waals surface area contributed by atoms with Crippen LogP contribution in [0.1, 0.15) is 45.1 Å². The van der Waals surface area contributed by atoms with E-state index in [1.54, 1.807) is 19.1 Å². The molecule has 8 nitrogen and oxygen atoms in total. The van der Waals surface area contributed by atoms with E-state index in [0.29, 0.717) is 18.7 Å². The van der Waals surface area contributed by atoms with E-state index >= 15 is 0 Å². The molecule has 1 heterocycles. The zero-order chi connectivity index (χ0) is 23.3. The third kappa shape index (κ3) is 4.78. The fourth-order valence-corrected chi connectivity index (χ4v) is 4.07. The maximum Gasteiger partial charge on any atom is 0.272 e. The molecule has 166 valence electrons. The molecule has 2 aromatic carbocycles. The molecule has 5 N–H and O–H groups in total. The number of primary amides is 1. The van der Waals surface area contributed by atoms with E-state index in [1.807, 2.05) is 49.4 Å². The number of amides is 3. The zero-order valence-corrected chi connectivity index (χ0v) is 18.7. The molecular weight excluding hydrogens is 426 g/mol. The van der Waals surface area contributed by atoms with Crippen LogP contribution >= 0.6 is 11.5 Å². The molecule has 0 bridgehead atoms. The van der Waals surface area contributed by atoms with Gasteiger partial charge in [0.05, 0.1) is 5.69 Å². The summed E-state index contributed by atoms with van der Waals surface area (Å²) in [5.74, 6) is -1.66. The number of hydrogen-bond donors (Lipinski definition) is 3. The molecule has 32 heavy (non-hydrogen) atoms. The minimum atomic E-state index is -0.850. The summed E-state index contributed by atoms with van der Waals surface area (Å²) in [4.78, 5) is 39.6. The first-order valence-corrected chi connectivity index (χ1v) is 10.9. The van der Waals surface area contributed by atoms with E-state index in [4.69, 9.17) is 11.5 Å². The van der Waals surface area contributed by atoms with Gasteiger partial charge in [-0.15, -0.1) is 0 Å². The van der Waals surface area contributed by atoms with Crippen LogP contribution in [-0.4, -0.2) is 28.1 Å². The van der Waals surface area contributed by atoms with Gasteiger partial charge in [-0.05, 0) is 42.1 Å². The summed E-state index contributed by atoms with van der Waals surface area (Å²) >= 11 is 0.790. The number of rotatable bonds is 8. The second-order valence-corrected chi connectivity index (χ2v) is 7.95. The molecule has 0 saturated carbocycles. The highest BCUT2D eigenvalue weighted by atomic mass is 32.1. The van der Waals surface area contributed by atoms with Crippen LogP contribution in [0.5, 0.6) is 0 Å². The fraction of sp³-hybridized carbons (Fsp3) is 0.217. The van der Waals surface area contributed by atoms with Gasteiger partial charge in [-0.3, -0.25) is 19.3 Å². The Morgan fingerprint density at radius 2 is 1.75 bits per heavy atom. The maximum absolute atomic E-state index is 13.6. The summed E-state index contributed by atoms with van der Waals surface area (Å²) in [6.45, 7) is 3.95. The van der Waals surface area contributed by atoms with Gasteiger partial charge in [0, 0.05) is 12.2 Å². The van der Waals surface area contributed by atoms with Crippen molar-refractivity contribution in [2.24, 2.45) is 5.73 Å². The van der Waals surface area contributed by atoms with E-state index in [1.165, 1.54) is 4.90 Å². The fourth-order valence-electron chi connectivity index (χ4n) is 3.33. The van der Waals surface area contributed by atoms with Crippen LogP contribution in [0, 0.1) is 0 Å². The van der Waals surface area contributed by atoms with Crippen molar-refractivity contribution in [3.63, 3.8) is 0 Å². The Labute approximate surface area is 190 Å². The molecule has 1 aromatic heterocycles. The molecule has 0 radical (unpaired) electrons. The van der Waals surface area contributed by atoms with Crippen molar-refractivity contribution in [2.75, 3.05) is 10.6 Å². The van der Waals surface area contributed by atoms with Crippen molar-refractivity contribution in [3.8, 4) is 0 Å². The Balaban J connectivity index is 1.96. The summed E-state index contributed by atoms with van der Waals surface area (Å²) in [6.07, 6.45) is 0.656. The highest BCUT2D eigenvalue weighted by Gasteiger charge is 2.33. The van der Waals surface area contributed by atoms with E-state index in [2.05, 4.69) is 9.69 Å². The summed E-state index contributed by atoms with van der Waals surface area (Å²) in [6, 6.07) is 16.0. The molecule has 0 aliphatic carbocycles. The number of anilines is 2. The standard InChI is InChI=1S/C23H25N5O3S/c1-3-16-11-7-8-12-17(16)28(23(31)20-18(24)19(21(25)29)27-32-20)14(2)22(30)26-13-15-9-5-4-6-10-15/h4-12,14H,3,13,24H2,1-2H3,(H2,25,29)(H,26,30). The second-order valence-electron chi connectivity index (χ2n) is 7.18. The van der Waals surface area contributed by atoms with Gasteiger partial charge in [0.15, 0.2) is 5.69 Å². The van der Waals surface area contributed by atoms with Gasteiger partial charge in [-0.2, -0.15) is 4.37 Å². The Bertz CT molecular complexity index is 1130. The average molecular weight is 452 g/mol. The van der Waals surface area contributed by atoms with Crippen LogP contribution in [0.4, 0.5) is 11.4 Å². The molecular formula is C23H25N5O3S. The average Bonchev–Trinajstić information content (AvgIpc) is 3.20. The van der Waals surface area contributed by atoms with Gasteiger partial charge in [-0.1, -0.05) is 55.5 Å². The molecule has 9 heteroatoms. The lowest BCUT2D eigenvalue weighted by Gasteiger charge is -2.30. The molecule has 1 atom stereocenters. The summed E-state index contributed by atoms with van der Waals surface area (Å²) in [5, 5.41) is 2.88. The SMILES string of the molecule is CCc1ccccc1N(C(=O)c1snc(C(N)=O)c1N)C(C)C(=O)NCc1ccccc1. The van der Waals surface area contributed by atoms with Gasteiger partial charge in [0.1, 0.15) is 10.9 Å². The van der Waals surface area contributed by atoms with Gasteiger partial charge >= 0.3 is 0 Å². The molecule has 1 unspecified atom stereocenters. The van der Waals surface area contributed by atoms with E-state index in [-0.39, 0.29) is 22.2 Å². The minimum absolute atomic E-state index is 0.0624. The number of nitrogens with two attached hydrogens (primary N) is 2. The van der Waals surface area contributed by atoms with Gasteiger partial charge in [0.25, 0.3) is 11.8 Å². The molecule has 3 aromatic rings. The highest BCUT2D eigenvalue weighted by molar-refractivity contribution is 7.09. The summed E-state index contributed by atoms with van der Waals surface area (Å²) in [7, 11) is 0. The molecule has 3 amide bonds. The smallest absolute Gasteiger partial charge is 0.272 e. The monoisotopic (exact) mass is 451 g/mol. The topological polar surface area (TPSA) is 131 Å². The summed E-state index contributed by atoms with van der Waals surface area (Å²) < 4.78 is 3.93. The lowest BCUT2D eigenvalue weighted by molar-refractivity contribution is -0.122. The van der Waals surface area contributed by atoms with Crippen molar-refractivity contribution in [3.05, 3.63) is 76.3 Å². The van der Waals surface area contributed by atoms with Gasteiger partial charge in [0.2, 0.25) is 5.91 Å². The maximum atomic E-state index is 13.6. The van der Waals surface area contributed by atoms with Crippen molar-refractivity contribution in [1.82, 2.24) is 9.69 Å². The second kappa shape index (κ2) is 10.1. The number of aromatic nitrogens is 1. The number of hydrogen-bond acceptors (Lipinski definition) is 6.